The van der Waals surface area contributed by atoms with E-state index in [0.717, 1.165) is 0 Å². The van der Waals surface area contributed by atoms with Crippen LogP contribution in [0, 0.1) is 5.82 Å². The molecule has 5 heteroatoms. The highest BCUT2D eigenvalue weighted by molar-refractivity contribution is 9.10. The third kappa shape index (κ3) is 1.83. The smallest absolute Gasteiger partial charge is 0.165 e. The predicted octanol–water partition coefficient (Wildman–Crippen LogP) is 2.32. The first-order valence-corrected chi connectivity index (χ1v) is 4.78. The molecule has 0 amide bonds. The van der Waals surface area contributed by atoms with Crippen molar-refractivity contribution in [3.05, 3.63) is 21.9 Å². The van der Waals surface area contributed by atoms with E-state index in [1.54, 1.807) is 6.92 Å². The monoisotopic (exact) mass is 263 g/mol. The number of hydrogen-bond acceptors (Lipinski definition) is 3. The number of phenols is 1. The Morgan fingerprint density at radius 2 is 2.21 bits per heavy atom. The molecule has 1 unspecified atom stereocenters. The molecular weight excluding hydrogens is 253 g/mol. The second-order valence-electron chi connectivity index (χ2n) is 2.93. The van der Waals surface area contributed by atoms with Gasteiger partial charge in [-0.25, -0.2) is 4.39 Å². The maximum atomic E-state index is 13.5. The van der Waals surface area contributed by atoms with E-state index in [-0.39, 0.29) is 21.5 Å². The minimum atomic E-state index is -0.596. The maximum absolute atomic E-state index is 13.5. The molecule has 1 rings (SSSR count). The predicted molar refractivity (Wildman–Crippen MR) is 54.9 cm³/mol. The lowest BCUT2D eigenvalue weighted by atomic mass is 10.1. The topological polar surface area (TPSA) is 55.5 Å². The van der Waals surface area contributed by atoms with Crippen LogP contribution in [0.5, 0.6) is 11.5 Å². The molecule has 0 heterocycles. The van der Waals surface area contributed by atoms with Crippen molar-refractivity contribution in [2.24, 2.45) is 5.73 Å². The Morgan fingerprint density at radius 1 is 1.64 bits per heavy atom. The van der Waals surface area contributed by atoms with Gasteiger partial charge in [-0.05, 0) is 22.9 Å². The highest BCUT2D eigenvalue weighted by atomic mass is 79.9. The average Bonchev–Trinajstić information content (AvgIpc) is 2.11. The van der Waals surface area contributed by atoms with Gasteiger partial charge in [-0.3, -0.25) is 0 Å². The van der Waals surface area contributed by atoms with Gasteiger partial charge in [-0.2, -0.15) is 0 Å². The molecule has 1 aromatic rings. The third-order valence-electron chi connectivity index (χ3n) is 1.87. The van der Waals surface area contributed by atoms with Gasteiger partial charge in [0.05, 0.1) is 17.1 Å². The zero-order valence-electron chi connectivity index (χ0n) is 7.84. The molecular formula is C9H11BrFNO2. The van der Waals surface area contributed by atoms with Crippen LogP contribution in [-0.4, -0.2) is 12.2 Å². The Bertz CT molecular complexity index is 355. The fourth-order valence-corrected chi connectivity index (χ4v) is 1.60. The molecule has 1 atom stereocenters. The lowest BCUT2D eigenvalue weighted by Gasteiger charge is -2.13. The second kappa shape index (κ2) is 4.14. The molecule has 0 aromatic heterocycles. The largest absolute Gasteiger partial charge is 0.504 e. The fourth-order valence-electron chi connectivity index (χ4n) is 1.18. The molecule has 14 heavy (non-hydrogen) atoms. The number of aromatic hydroxyl groups is 1. The molecule has 3 N–H and O–H groups in total. The van der Waals surface area contributed by atoms with E-state index >= 15 is 0 Å². The summed E-state index contributed by atoms with van der Waals surface area (Å²) in [6.45, 7) is 1.59. The van der Waals surface area contributed by atoms with Crippen molar-refractivity contribution < 1.29 is 14.2 Å². The molecule has 0 fully saturated rings. The summed E-state index contributed by atoms with van der Waals surface area (Å²) in [5.74, 6) is -0.605. The van der Waals surface area contributed by atoms with Crippen LogP contribution < -0.4 is 10.5 Å². The van der Waals surface area contributed by atoms with Crippen LogP contribution in [0.25, 0.3) is 0 Å². The first-order valence-electron chi connectivity index (χ1n) is 3.99. The minimum Gasteiger partial charge on any atom is -0.504 e. The first-order chi connectivity index (χ1) is 6.49. The van der Waals surface area contributed by atoms with Gasteiger partial charge in [0.1, 0.15) is 5.82 Å². The third-order valence-corrected chi connectivity index (χ3v) is 2.44. The van der Waals surface area contributed by atoms with E-state index in [2.05, 4.69) is 15.9 Å². The highest BCUT2D eigenvalue weighted by Crippen LogP contribution is 2.38. The lowest BCUT2D eigenvalue weighted by molar-refractivity contribution is 0.364. The van der Waals surface area contributed by atoms with E-state index in [4.69, 9.17) is 10.5 Å². The molecule has 78 valence electrons. The van der Waals surface area contributed by atoms with Crippen LogP contribution in [0.3, 0.4) is 0 Å². The molecule has 0 spiro atoms. The first kappa shape index (κ1) is 11.3. The van der Waals surface area contributed by atoms with Crippen LogP contribution >= 0.6 is 15.9 Å². The summed E-state index contributed by atoms with van der Waals surface area (Å²) < 4.78 is 18.6. The van der Waals surface area contributed by atoms with Gasteiger partial charge in [-0.1, -0.05) is 0 Å². The number of benzene rings is 1. The number of phenolic OH excluding ortho intramolecular Hbond substituents is 1. The summed E-state index contributed by atoms with van der Waals surface area (Å²) in [4.78, 5) is 0. The molecule has 0 bridgehead atoms. The van der Waals surface area contributed by atoms with E-state index in [1.807, 2.05) is 0 Å². The quantitative estimate of drug-likeness (QED) is 0.861. The normalized spacial score (nSPS) is 12.6. The van der Waals surface area contributed by atoms with Crippen LogP contribution in [-0.2, 0) is 0 Å². The van der Waals surface area contributed by atoms with E-state index in [9.17, 15) is 9.50 Å². The number of methoxy groups -OCH3 is 1. The molecule has 0 aliphatic heterocycles. The van der Waals surface area contributed by atoms with Gasteiger partial charge in [0.2, 0.25) is 0 Å². The van der Waals surface area contributed by atoms with Crippen LogP contribution in [0.4, 0.5) is 4.39 Å². The van der Waals surface area contributed by atoms with Gasteiger partial charge in [-0.15, -0.1) is 0 Å². The summed E-state index contributed by atoms with van der Waals surface area (Å²) in [6.07, 6.45) is 0. The van der Waals surface area contributed by atoms with Crippen molar-refractivity contribution >= 4 is 15.9 Å². The number of ether oxygens (including phenoxy) is 1. The van der Waals surface area contributed by atoms with Crippen molar-refractivity contribution in [2.45, 2.75) is 13.0 Å². The Kier molecular flexibility index (Phi) is 3.34. The van der Waals surface area contributed by atoms with Crippen LogP contribution in [0.2, 0.25) is 0 Å². The van der Waals surface area contributed by atoms with Gasteiger partial charge >= 0.3 is 0 Å². The van der Waals surface area contributed by atoms with Gasteiger partial charge < -0.3 is 15.6 Å². The van der Waals surface area contributed by atoms with E-state index in [1.165, 1.54) is 13.2 Å². The zero-order chi connectivity index (χ0) is 10.9. The van der Waals surface area contributed by atoms with E-state index in [0.29, 0.717) is 0 Å². The second-order valence-corrected chi connectivity index (χ2v) is 3.78. The molecule has 0 aliphatic carbocycles. The Labute approximate surface area is 89.8 Å². The highest BCUT2D eigenvalue weighted by Gasteiger charge is 2.19. The Balaban J connectivity index is 3.45. The number of hydrogen-bond donors (Lipinski definition) is 2. The zero-order valence-corrected chi connectivity index (χ0v) is 9.43. The van der Waals surface area contributed by atoms with E-state index < -0.39 is 11.9 Å². The summed E-state index contributed by atoms with van der Waals surface area (Å²) in [7, 11) is 1.39. The van der Waals surface area contributed by atoms with Gasteiger partial charge in [0.25, 0.3) is 0 Å². The average molecular weight is 264 g/mol. The van der Waals surface area contributed by atoms with Gasteiger partial charge in [0.15, 0.2) is 11.5 Å². The van der Waals surface area contributed by atoms with Crippen molar-refractivity contribution in [3.8, 4) is 11.5 Å². The number of halogens is 2. The number of rotatable bonds is 2. The SMILES string of the molecule is COc1cc(Br)c(F)c(C(C)N)c1O. The van der Waals surface area contributed by atoms with Crippen molar-refractivity contribution in [1.29, 1.82) is 0 Å². The molecule has 3 nitrogen and oxygen atoms in total. The standard InChI is InChI=1S/C9H11BrFNO2/c1-4(12)7-8(11)5(10)3-6(14-2)9(7)13/h3-4,13H,12H2,1-2H3. The minimum absolute atomic E-state index is 0.0521. The molecule has 1 aromatic carbocycles. The lowest BCUT2D eigenvalue weighted by Crippen LogP contribution is -2.09. The van der Waals surface area contributed by atoms with Crippen molar-refractivity contribution in [2.75, 3.05) is 7.11 Å². The van der Waals surface area contributed by atoms with Crippen LogP contribution in [0.15, 0.2) is 10.5 Å². The molecule has 0 radical (unpaired) electrons. The number of nitrogens with two attached hydrogens (primary N) is 1. The van der Waals surface area contributed by atoms with Crippen molar-refractivity contribution in [1.82, 2.24) is 0 Å². The fraction of sp³-hybridized carbons (Fsp3) is 0.333. The maximum Gasteiger partial charge on any atom is 0.165 e. The Morgan fingerprint density at radius 3 is 2.64 bits per heavy atom. The Hall–Kier alpha value is -0.810. The van der Waals surface area contributed by atoms with Gasteiger partial charge in [0, 0.05) is 12.1 Å². The molecule has 0 saturated carbocycles. The van der Waals surface area contributed by atoms with Crippen LogP contribution in [0.1, 0.15) is 18.5 Å². The summed E-state index contributed by atoms with van der Waals surface area (Å²) >= 11 is 3.02. The van der Waals surface area contributed by atoms with Crippen molar-refractivity contribution in [3.63, 3.8) is 0 Å². The summed E-state index contributed by atoms with van der Waals surface area (Å²) in [6, 6.07) is 0.762. The molecule has 0 saturated heterocycles. The summed E-state index contributed by atoms with van der Waals surface area (Å²) in [5, 5.41) is 9.60. The summed E-state index contributed by atoms with van der Waals surface area (Å²) in [5.41, 5.74) is 5.58. The molecule has 0 aliphatic rings.